The van der Waals surface area contributed by atoms with E-state index in [0.717, 1.165) is 13.0 Å². The molecule has 0 aromatic carbocycles. The molecule has 0 aliphatic rings. The fraction of sp³-hybridized carbons (Fsp3) is 0.667. The molecule has 0 aliphatic heterocycles. The Balaban J connectivity index is 2.75. The number of hydrogen-bond donors (Lipinski definition) is 1. The summed E-state index contributed by atoms with van der Waals surface area (Å²) in [5.74, 6) is 0.879. The maximum atomic E-state index is 11.7. The summed E-state index contributed by atoms with van der Waals surface area (Å²) in [6, 6.07) is -0.340. The smallest absolute Gasteiger partial charge is 0.328 e. The van der Waals surface area contributed by atoms with Gasteiger partial charge in [0.2, 0.25) is 5.95 Å². The lowest BCUT2D eigenvalue weighted by Gasteiger charge is -2.19. The van der Waals surface area contributed by atoms with Crippen LogP contribution in [0.3, 0.4) is 0 Å². The van der Waals surface area contributed by atoms with Crippen LogP contribution in [-0.4, -0.2) is 28.7 Å². The van der Waals surface area contributed by atoms with Crippen molar-refractivity contribution in [1.29, 1.82) is 0 Å². The summed E-state index contributed by atoms with van der Waals surface area (Å²) in [6.45, 7) is 6.99. The molecule has 0 aliphatic carbocycles. The van der Waals surface area contributed by atoms with Gasteiger partial charge in [-0.2, -0.15) is 0 Å². The number of carbonyl (C=O) groups is 1. The van der Waals surface area contributed by atoms with Crippen molar-refractivity contribution < 1.29 is 9.53 Å². The Morgan fingerprint density at radius 3 is 2.82 bits per heavy atom. The highest BCUT2D eigenvalue weighted by atomic mass is 16.5. The molecule has 0 saturated carbocycles. The van der Waals surface area contributed by atoms with Crippen LogP contribution in [0.2, 0.25) is 0 Å². The first-order valence-electron chi connectivity index (χ1n) is 5.94. The van der Waals surface area contributed by atoms with E-state index in [-0.39, 0.29) is 12.0 Å². The van der Waals surface area contributed by atoms with Crippen LogP contribution in [0.1, 0.15) is 27.2 Å². The topological polar surface area (TPSA) is 56.2 Å². The molecule has 0 radical (unpaired) electrons. The van der Waals surface area contributed by atoms with E-state index in [4.69, 9.17) is 4.74 Å². The van der Waals surface area contributed by atoms with Crippen molar-refractivity contribution in [2.24, 2.45) is 5.92 Å². The van der Waals surface area contributed by atoms with Crippen LogP contribution < -0.4 is 5.32 Å². The van der Waals surface area contributed by atoms with Gasteiger partial charge in [-0.05, 0) is 19.3 Å². The molecule has 1 rings (SSSR count). The Hall–Kier alpha value is -1.52. The van der Waals surface area contributed by atoms with Crippen LogP contribution in [0.5, 0.6) is 0 Å². The molecule has 1 heterocycles. The maximum Gasteiger partial charge on any atom is 0.328 e. The zero-order chi connectivity index (χ0) is 12.8. The van der Waals surface area contributed by atoms with Gasteiger partial charge in [-0.25, -0.2) is 9.78 Å². The highest BCUT2D eigenvalue weighted by Crippen LogP contribution is 2.12. The third-order valence-electron chi connectivity index (χ3n) is 2.55. The molecule has 1 atom stereocenters. The number of ether oxygens (including phenoxy) is 1. The van der Waals surface area contributed by atoms with E-state index in [1.165, 1.54) is 7.11 Å². The van der Waals surface area contributed by atoms with Gasteiger partial charge in [0.05, 0.1) is 7.11 Å². The largest absolute Gasteiger partial charge is 0.467 e. The predicted molar refractivity (Wildman–Crippen MR) is 66.8 cm³/mol. The average molecular weight is 239 g/mol. The minimum absolute atomic E-state index is 0.246. The van der Waals surface area contributed by atoms with Gasteiger partial charge in [0.15, 0.2) is 0 Å². The number of aryl methyl sites for hydroxylation is 1. The monoisotopic (exact) mass is 239 g/mol. The number of methoxy groups -OCH3 is 1. The van der Waals surface area contributed by atoms with Gasteiger partial charge in [0, 0.05) is 18.9 Å². The Morgan fingerprint density at radius 1 is 1.59 bits per heavy atom. The quantitative estimate of drug-likeness (QED) is 0.770. The number of nitrogens with zero attached hydrogens (tertiary/aromatic N) is 2. The normalized spacial score (nSPS) is 12.5. The summed E-state index contributed by atoms with van der Waals surface area (Å²) < 4.78 is 6.75. The zero-order valence-corrected chi connectivity index (χ0v) is 10.9. The van der Waals surface area contributed by atoms with E-state index in [1.54, 1.807) is 6.20 Å². The molecule has 0 saturated heterocycles. The number of anilines is 1. The number of carbonyl (C=O) groups excluding carboxylic acids is 1. The Morgan fingerprint density at radius 2 is 2.29 bits per heavy atom. The van der Waals surface area contributed by atoms with Crippen LogP contribution in [-0.2, 0) is 16.1 Å². The van der Waals surface area contributed by atoms with Crippen LogP contribution in [0.15, 0.2) is 12.4 Å². The fourth-order valence-electron chi connectivity index (χ4n) is 1.69. The van der Waals surface area contributed by atoms with Crippen LogP contribution in [0, 0.1) is 5.92 Å². The van der Waals surface area contributed by atoms with Crippen LogP contribution >= 0.6 is 0 Å². The highest BCUT2D eigenvalue weighted by molar-refractivity contribution is 5.78. The van der Waals surface area contributed by atoms with Gasteiger partial charge in [-0.1, -0.05) is 13.8 Å². The second-order valence-electron chi connectivity index (χ2n) is 4.39. The number of imidazole rings is 1. The van der Waals surface area contributed by atoms with E-state index >= 15 is 0 Å². The lowest BCUT2D eigenvalue weighted by Crippen LogP contribution is -2.33. The van der Waals surface area contributed by atoms with Gasteiger partial charge in [0.25, 0.3) is 0 Å². The summed E-state index contributed by atoms with van der Waals surface area (Å²) in [4.78, 5) is 15.8. The molecule has 0 spiro atoms. The van der Waals surface area contributed by atoms with Crippen LogP contribution in [0.4, 0.5) is 5.95 Å². The predicted octanol–water partition coefficient (Wildman–Crippen LogP) is 1.90. The first-order chi connectivity index (χ1) is 8.08. The van der Waals surface area contributed by atoms with Crippen molar-refractivity contribution in [1.82, 2.24) is 9.55 Å². The third-order valence-corrected chi connectivity index (χ3v) is 2.55. The van der Waals surface area contributed by atoms with Crippen molar-refractivity contribution in [3.63, 3.8) is 0 Å². The molecule has 0 bridgehead atoms. The summed E-state index contributed by atoms with van der Waals surface area (Å²) in [5.41, 5.74) is 0. The molecule has 0 fully saturated rings. The number of rotatable bonds is 6. The first-order valence-corrected chi connectivity index (χ1v) is 5.94. The van der Waals surface area contributed by atoms with Gasteiger partial charge in [-0.3, -0.25) is 0 Å². The summed E-state index contributed by atoms with van der Waals surface area (Å²) in [7, 11) is 1.41. The SMILES string of the molecule is CCn1ccnc1NC(CC(C)C)C(=O)OC. The standard InChI is InChI=1S/C12H21N3O2/c1-5-15-7-6-13-12(15)14-10(8-9(2)3)11(16)17-4/h6-7,9-10H,5,8H2,1-4H3,(H,13,14). The van der Waals surface area contributed by atoms with Gasteiger partial charge in [0.1, 0.15) is 6.04 Å². The fourth-order valence-corrected chi connectivity index (χ4v) is 1.69. The number of aromatic nitrogens is 2. The van der Waals surface area contributed by atoms with E-state index < -0.39 is 0 Å². The van der Waals surface area contributed by atoms with E-state index in [0.29, 0.717) is 11.9 Å². The van der Waals surface area contributed by atoms with Crippen molar-refractivity contribution in [3.05, 3.63) is 12.4 Å². The molecule has 17 heavy (non-hydrogen) atoms. The second kappa shape index (κ2) is 6.27. The average Bonchev–Trinajstić information content (AvgIpc) is 2.73. The highest BCUT2D eigenvalue weighted by Gasteiger charge is 2.21. The zero-order valence-electron chi connectivity index (χ0n) is 10.9. The van der Waals surface area contributed by atoms with Gasteiger partial charge >= 0.3 is 5.97 Å². The summed E-state index contributed by atoms with van der Waals surface area (Å²) in [6.07, 6.45) is 4.32. The van der Waals surface area contributed by atoms with E-state index in [9.17, 15) is 4.79 Å². The van der Waals surface area contributed by atoms with Crippen molar-refractivity contribution in [2.75, 3.05) is 12.4 Å². The maximum absolute atomic E-state index is 11.7. The van der Waals surface area contributed by atoms with Crippen molar-refractivity contribution in [2.45, 2.75) is 39.8 Å². The van der Waals surface area contributed by atoms with Crippen LogP contribution in [0.25, 0.3) is 0 Å². The number of esters is 1. The van der Waals surface area contributed by atoms with E-state index in [2.05, 4.69) is 24.1 Å². The minimum Gasteiger partial charge on any atom is -0.467 e. The molecule has 5 nitrogen and oxygen atoms in total. The molecule has 1 N–H and O–H groups in total. The molecule has 1 unspecified atom stereocenters. The summed E-state index contributed by atoms with van der Waals surface area (Å²) in [5, 5.41) is 3.14. The summed E-state index contributed by atoms with van der Waals surface area (Å²) >= 11 is 0. The van der Waals surface area contributed by atoms with Crippen molar-refractivity contribution in [3.8, 4) is 0 Å². The molecule has 0 amide bonds. The first kappa shape index (κ1) is 13.5. The van der Waals surface area contributed by atoms with Gasteiger partial charge in [-0.15, -0.1) is 0 Å². The van der Waals surface area contributed by atoms with E-state index in [1.807, 2.05) is 17.7 Å². The third kappa shape index (κ3) is 3.76. The second-order valence-corrected chi connectivity index (χ2v) is 4.39. The Labute approximate surface area is 102 Å². The minimum atomic E-state index is -0.340. The molecule has 96 valence electrons. The molecule has 1 aromatic heterocycles. The Kier molecular flexibility index (Phi) is 5.00. The molecular weight excluding hydrogens is 218 g/mol. The molecule has 5 heteroatoms. The van der Waals surface area contributed by atoms with Gasteiger partial charge < -0.3 is 14.6 Å². The Bertz CT molecular complexity index is 360. The van der Waals surface area contributed by atoms with Crippen molar-refractivity contribution >= 4 is 11.9 Å². The number of hydrogen-bond acceptors (Lipinski definition) is 4. The molecule has 1 aromatic rings. The lowest BCUT2D eigenvalue weighted by atomic mass is 10.0. The molecular formula is C12H21N3O2. The lowest BCUT2D eigenvalue weighted by molar-refractivity contribution is -0.141. The number of nitrogens with one attached hydrogen (secondary N) is 1.